The Morgan fingerprint density at radius 3 is 2.43 bits per heavy atom. The molecule has 2 rings (SSSR count). The molecule has 0 spiro atoms. The predicted octanol–water partition coefficient (Wildman–Crippen LogP) is 5.27. The topological polar surface area (TPSA) is 35.5 Å². The molecule has 122 valence electrons. The van der Waals surface area contributed by atoms with Crippen molar-refractivity contribution in [3.63, 3.8) is 0 Å². The van der Waals surface area contributed by atoms with Gasteiger partial charge in [0.25, 0.3) is 0 Å². The summed E-state index contributed by atoms with van der Waals surface area (Å²) in [5.74, 6) is 1.10. The molecule has 0 amide bonds. The first-order valence-corrected chi connectivity index (χ1v) is 8.40. The Balaban J connectivity index is 2.23. The second-order valence-electron chi connectivity index (χ2n) is 5.53. The zero-order valence-corrected chi connectivity index (χ0v) is 15.5. The van der Waals surface area contributed by atoms with Gasteiger partial charge in [-0.1, -0.05) is 19.1 Å². The van der Waals surface area contributed by atoms with Gasteiger partial charge in [-0.25, -0.2) is 0 Å². The second-order valence-corrected chi connectivity index (χ2v) is 6.39. The molecule has 3 nitrogen and oxygen atoms in total. The summed E-state index contributed by atoms with van der Waals surface area (Å²) in [5, 5.41) is 0. The van der Waals surface area contributed by atoms with Gasteiger partial charge in [-0.2, -0.15) is 0 Å². The van der Waals surface area contributed by atoms with E-state index in [4.69, 9.17) is 9.47 Å². The first-order chi connectivity index (χ1) is 10.9. The van der Waals surface area contributed by atoms with E-state index in [-0.39, 0.29) is 5.97 Å². The largest absolute Gasteiger partial charge is 0.488 e. The first-order valence-electron chi connectivity index (χ1n) is 7.61. The average Bonchev–Trinajstić information content (AvgIpc) is 2.51. The minimum atomic E-state index is -0.246. The fourth-order valence-corrected chi connectivity index (χ4v) is 2.74. The Labute approximate surface area is 145 Å². The van der Waals surface area contributed by atoms with Gasteiger partial charge in [-0.15, -0.1) is 0 Å². The molecule has 0 aliphatic heterocycles. The van der Waals surface area contributed by atoms with Crippen molar-refractivity contribution in [3.8, 4) is 11.5 Å². The maximum absolute atomic E-state index is 11.6. The molecular weight excluding hydrogens is 356 g/mol. The van der Waals surface area contributed by atoms with Gasteiger partial charge in [0.15, 0.2) is 0 Å². The molecule has 0 aliphatic rings. The summed E-state index contributed by atoms with van der Waals surface area (Å²) in [6.07, 6.45) is 0.344. The summed E-state index contributed by atoms with van der Waals surface area (Å²) in [4.78, 5) is 11.6. The van der Waals surface area contributed by atoms with Crippen LogP contribution in [0.1, 0.15) is 35.6 Å². The standard InChI is InChI=1S/C19H21BrO3/c1-5-19(21)23-17-8-6-7-12(2)15(17)11-22-18-10-14(4)13(3)9-16(18)20/h6-10H,5,11H2,1-4H3. The van der Waals surface area contributed by atoms with Gasteiger partial charge in [0.1, 0.15) is 18.1 Å². The van der Waals surface area contributed by atoms with Crippen LogP contribution in [0.2, 0.25) is 0 Å². The van der Waals surface area contributed by atoms with E-state index in [9.17, 15) is 4.79 Å². The summed E-state index contributed by atoms with van der Waals surface area (Å²) in [6.45, 7) is 8.22. The predicted molar refractivity (Wildman–Crippen MR) is 95.1 cm³/mol. The summed E-state index contributed by atoms with van der Waals surface area (Å²) in [6, 6.07) is 9.71. The minimum Gasteiger partial charge on any atom is -0.488 e. The molecule has 2 aromatic carbocycles. The molecule has 2 aromatic rings. The van der Waals surface area contributed by atoms with Crippen LogP contribution >= 0.6 is 15.9 Å². The number of carbonyl (C=O) groups excluding carboxylic acids is 1. The minimum absolute atomic E-state index is 0.246. The number of hydrogen-bond donors (Lipinski definition) is 0. The number of carbonyl (C=O) groups is 1. The lowest BCUT2D eigenvalue weighted by atomic mass is 10.1. The van der Waals surface area contributed by atoms with Crippen LogP contribution in [0.15, 0.2) is 34.8 Å². The third-order valence-electron chi connectivity index (χ3n) is 3.80. The molecule has 0 saturated carbocycles. The first kappa shape index (κ1) is 17.5. The number of ether oxygens (including phenoxy) is 2. The smallest absolute Gasteiger partial charge is 0.310 e. The zero-order valence-electron chi connectivity index (χ0n) is 13.9. The Morgan fingerprint density at radius 2 is 1.74 bits per heavy atom. The van der Waals surface area contributed by atoms with Crippen LogP contribution in [0, 0.1) is 20.8 Å². The molecule has 0 heterocycles. The Bertz CT molecular complexity index is 723. The van der Waals surface area contributed by atoms with E-state index < -0.39 is 0 Å². The van der Waals surface area contributed by atoms with Gasteiger partial charge in [0.2, 0.25) is 0 Å². The quantitative estimate of drug-likeness (QED) is 0.526. The summed E-state index contributed by atoms with van der Waals surface area (Å²) in [7, 11) is 0. The molecule has 0 atom stereocenters. The highest BCUT2D eigenvalue weighted by Crippen LogP contribution is 2.31. The van der Waals surface area contributed by atoms with Crippen molar-refractivity contribution in [2.45, 2.75) is 40.7 Å². The molecule has 0 aliphatic carbocycles. The van der Waals surface area contributed by atoms with Crippen LogP contribution in [0.5, 0.6) is 11.5 Å². The highest BCUT2D eigenvalue weighted by atomic mass is 79.9. The highest BCUT2D eigenvalue weighted by molar-refractivity contribution is 9.10. The lowest BCUT2D eigenvalue weighted by Gasteiger charge is -2.15. The maximum Gasteiger partial charge on any atom is 0.310 e. The van der Waals surface area contributed by atoms with Crippen molar-refractivity contribution in [1.82, 2.24) is 0 Å². The molecule has 0 bridgehead atoms. The van der Waals surface area contributed by atoms with Gasteiger partial charge in [0, 0.05) is 12.0 Å². The molecular formula is C19H21BrO3. The highest BCUT2D eigenvalue weighted by Gasteiger charge is 2.12. The maximum atomic E-state index is 11.6. The van der Waals surface area contributed by atoms with Gasteiger partial charge in [-0.3, -0.25) is 4.79 Å². The van der Waals surface area contributed by atoms with E-state index in [1.807, 2.05) is 31.2 Å². The SMILES string of the molecule is CCC(=O)Oc1cccc(C)c1COc1cc(C)c(C)cc1Br. The Morgan fingerprint density at radius 1 is 1.04 bits per heavy atom. The van der Waals surface area contributed by atoms with E-state index in [1.54, 1.807) is 13.0 Å². The van der Waals surface area contributed by atoms with Crippen molar-refractivity contribution in [2.24, 2.45) is 0 Å². The summed E-state index contributed by atoms with van der Waals surface area (Å²) >= 11 is 3.53. The molecule has 4 heteroatoms. The number of esters is 1. The van der Waals surface area contributed by atoms with Crippen molar-refractivity contribution in [3.05, 3.63) is 57.1 Å². The van der Waals surface area contributed by atoms with E-state index in [2.05, 4.69) is 29.8 Å². The molecule has 23 heavy (non-hydrogen) atoms. The number of aryl methyl sites for hydroxylation is 3. The molecule has 0 radical (unpaired) electrons. The lowest BCUT2D eigenvalue weighted by Crippen LogP contribution is -2.09. The van der Waals surface area contributed by atoms with Gasteiger partial charge >= 0.3 is 5.97 Å². The van der Waals surface area contributed by atoms with Crippen LogP contribution in [-0.4, -0.2) is 5.97 Å². The molecule has 0 unspecified atom stereocenters. The average molecular weight is 377 g/mol. The van der Waals surface area contributed by atoms with E-state index in [0.717, 1.165) is 21.3 Å². The number of rotatable bonds is 5. The van der Waals surface area contributed by atoms with Crippen LogP contribution in [0.25, 0.3) is 0 Å². The van der Waals surface area contributed by atoms with Crippen molar-refractivity contribution in [1.29, 1.82) is 0 Å². The molecule has 0 N–H and O–H groups in total. The normalized spacial score (nSPS) is 10.5. The second kappa shape index (κ2) is 7.64. The third kappa shape index (κ3) is 4.35. The van der Waals surface area contributed by atoms with Gasteiger partial charge < -0.3 is 9.47 Å². The van der Waals surface area contributed by atoms with Crippen LogP contribution in [0.3, 0.4) is 0 Å². The van der Waals surface area contributed by atoms with E-state index in [0.29, 0.717) is 18.8 Å². The van der Waals surface area contributed by atoms with Crippen molar-refractivity contribution < 1.29 is 14.3 Å². The van der Waals surface area contributed by atoms with Gasteiger partial charge in [0.05, 0.1) is 4.47 Å². The fraction of sp³-hybridized carbons (Fsp3) is 0.316. The Kier molecular flexibility index (Phi) is 5.83. The summed E-state index contributed by atoms with van der Waals surface area (Å²) < 4.78 is 12.3. The van der Waals surface area contributed by atoms with Crippen molar-refractivity contribution in [2.75, 3.05) is 0 Å². The lowest BCUT2D eigenvalue weighted by molar-refractivity contribution is -0.134. The third-order valence-corrected chi connectivity index (χ3v) is 4.42. The van der Waals surface area contributed by atoms with Crippen molar-refractivity contribution >= 4 is 21.9 Å². The van der Waals surface area contributed by atoms with Gasteiger partial charge in [-0.05, 0) is 71.6 Å². The van der Waals surface area contributed by atoms with E-state index in [1.165, 1.54) is 11.1 Å². The number of hydrogen-bond acceptors (Lipinski definition) is 3. The summed E-state index contributed by atoms with van der Waals surface area (Å²) in [5.41, 5.74) is 4.30. The van der Waals surface area contributed by atoms with Crippen LogP contribution in [0.4, 0.5) is 0 Å². The molecule has 0 aromatic heterocycles. The van der Waals surface area contributed by atoms with Crippen LogP contribution < -0.4 is 9.47 Å². The van der Waals surface area contributed by atoms with E-state index >= 15 is 0 Å². The zero-order chi connectivity index (χ0) is 17.0. The number of halogens is 1. The fourth-order valence-electron chi connectivity index (χ4n) is 2.17. The monoisotopic (exact) mass is 376 g/mol. The molecule has 0 saturated heterocycles. The van der Waals surface area contributed by atoms with Crippen LogP contribution in [-0.2, 0) is 11.4 Å². The number of benzene rings is 2. The Hall–Kier alpha value is -1.81. The molecule has 0 fully saturated rings.